The van der Waals surface area contributed by atoms with E-state index in [9.17, 15) is 13.2 Å². The van der Waals surface area contributed by atoms with Crippen LogP contribution in [0.1, 0.15) is 37.2 Å². The van der Waals surface area contributed by atoms with Crippen LogP contribution in [0.3, 0.4) is 0 Å². The van der Waals surface area contributed by atoms with Crippen LogP contribution in [0.5, 0.6) is 0 Å². The number of allylic oxidation sites excluding steroid dienone is 2. The fourth-order valence-electron chi connectivity index (χ4n) is 2.62. The fourth-order valence-corrected chi connectivity index (χ4v) is 2.62. The van der Waals surface area contributed by atoms with Crippen molar-refractivity contribution in [2.24, 2.45) is 5.92 Å². The van der Waals surface area contributed by atoms with Crippen molar-refractivity contribution in [2.75, 3.05) is 0 Å². The molecular formula is C15H17F3. The minimum atomic E-state index is -4.17. The molecule has 3 heteroatoms. The summed E-state index contributed by atoms with van der Waals surface area (Å²) in [6.07, 6.45) is 1.23. The Hall–Kier alpha value is -1.25. The molecule has 0 spiro atoms. The lowest BCUT2D eigenvalue weighted by Gasteiger charge is -2.27. The summed E-state index contributed by atoms with van der Waals surface area (Å²) in [4.78, 5) is 0. The van der Waals surface area contributed by atoms with Crippen LogP contribution in [0.15, 0.2) is 42.5 Å². The summed E-state index contributed by atoms with van der Waals surface area (Å²) >= 11 is 0. The largest absolute Gasteiger partial charge is 0.409 e. The van der Waals surface area contributed by atoms with Gasteiger partial charge in [-0.1, -0.05) is 36.4 Å². The molecule has 1 aliphatic carbocycles. The smallest absolute Gasteiger partial charge is 0.167 e. The molecule has 1 aliphatic rings. The average Bonchev–Trinajstić information content (AvgIpc) is 2.37. The highest BCUT2D eigenvalue weighted by Gasteiger charge is 2.25. The van der Waals surface area contributed by atoms with E-state index in [-0.39, 0.29) is 5.92 Å². The van der Waals surface area contributed by atoms with Crippen molar-refractivity contribution >= 4 is 0 Å². The first kappa shape index (κ1) is 13.2. The van der Waals surface area contributed by atoms with Gasteiger partial charge >= 0.3 is 6.18 Å². The second-order valence-electron chi connectivity index (χ2n) is 4.92. The molecular weight excluding hydrogens is 237 g/mol. The predicted octanol–water partition coefficient (Wildman–Crippen LogP) is 5.08. The Kier molecular flexibility index (Phi) is 4.10. The van der Waals surface area contributed by atoms with Gasteiger partial charge in [0.25, 0.3) is 0 Å². The Balaban J connectivity index is 1.87. The molecule has 1 aromatic carbocycles. The molecule has 1 fully saturated rings. The molecule has 0 heterocycles. The Labute approximate surface area is 106 Å². The zero-order chi connectivity index (χ0) is 13.0. The molecule has 0 radical (unpaired) electrons. The molecule has 1 saturated carbocycles. The maximum atomic E-state index is 12.1. The SMILES string of the molecule is FC(F)(F)/C=C/C1CCC(c2ccccc2)CC1. The van der Waals surface area contributed by atoms with Gasteiger partial charge in [-0.15, -0.1) is 0 Å². The third kappa shape index (κ3) is 3.90. The van der Waals surface area contributed by atoms with E-state index >= 15 is 0 Å². The molecule has 1 aromatic rings. The topological polar surface area (TPSA) is 0 Å². The summed E-state index contributed by atoms with van der Waals surface area (Å²) < 4.78 is 36.2. The van der Waals surface area contributed by atoms with E-state index in [4.69, 9.17) is 0 Å². The van der Waals surface area contributed by atoms with Crippen LogP contribution in [0.25, 0.3) is 0 Å². The van der Waals surface area contributed by atoms with E-state index in [0.717, 1.165) is 25.7 Å². The maximum absolute atomic E-state index is 12.1. The lowest BCUT2D eigenvalue weighted by Crippen LogP contribution is -2.12. The third-order valence-corrected chi connectivity index (χ3v) is 3.60. The summed E-state index contributed by atoms with van der Waals surface area (Å²) in [5, 5.41) is 0. The minimum Gasteiger partial charge on any atom is -0.167 e. The molecule has 98 valence electrons. The predicted molar refractivity (Wildman–Crippen MR) is 66.3 cm³/mol. The highest BCUT2D eigenvalue weighted by molar-refractivity contribution is 5.20. The van der Waals surface area contributed by atoms with Crippen molar-refractivity contribution in [1.82, 2.24) is 0 Å². The third-order valence-electron chi connectivity index (χ3n) is 3.60. The molecule has 0 N–H and O–H groups in total. The van der Waals surface area contributed by atoms with Crippen LogP contribution < -0.4 is 0 Å². The molecule has 0 aliphatic heterocycles. The van der Waals surface area contributed by atoms with Crippen LogP contribution in [0.4, 0.5) is 13.2 Å². The molecule has 0 aromatic heterocycles. The minimum absolute atomic E-state index is 0.0894. The number of alkyl halides is 3. The highest BCUT2D eigenvalue weighted by atomic mass is 19.4. The maximum Gasteiger partial charge on any atom is 0.409 e. The van der Waals surface area contributed by atoms with E-state index in [0.29, 0.717) is 12.0 Å². The van der Waals surface area contributed by atoms with Gasteiger partial charge in [0.2, 0.25) is 0 Å². The zero-order valence-corrected chi connectivity index (χ0v) is 10.2. The van der Waals surface area contributed by atoms with Gasteiger partial charge in [0, 0.05) is 6.08 Å². The van der Waals surface area contributed by atoms with Crippen molar-refractivity contribution in [3.05, 3.63) is 48.0 Å². The summed E-state index contributed by atoms with van der Waals surface area (Å²) in [5.74, 6) is 0.605. The number of benzene rings is 1. The first-order valence-electron chi connectivity index (χ1n) is 6.35. The normalized spacial score (nSPS) is 25.5. The molecule has 0 amide bonds. The second kappa shape index (κ2) is 5.59. The van der Waals surface area contributed by atoms with Gasteiger partial charge in [-0.3, -0.25) is 0 Å². The molecule has 0 saturated heterocycles. The lowest BCUT2D eigenvalue weighted by atomic mass is 9.78. The standard InChI is InChI=1S/C15H17F3/c16-15(17,18)11-10-12-6-8-14(9-7-12)13-4-2-1-3-5-13/h1-5,10-12,14H,6-9H2/b11-10+. The van der Waals surface area contributed by atoms with Crippen LogP contribution in [0, 0.1) is 5.92 Å². The van der Waals surface area contributed by atoms with Gasteiger partial charge in [-0.05, 0) is 43.1 Å². The summed E-state index contributed by atoms with van der Waals surface area (Å²) in [7, 11) is 0. The van der Waals surface area contributed by atoms with Crippen molar-refractivity contribution < 1.29 is 13.2 Å². The quantitative estimate of drug-likeness (QED) is 0.646. The van der Waals surface area contributed by atoms with Gasteiger partial charge in [-0.25, -0.2) is 0 Å². The molecule has 18 heavy (non-hydrogen) atoms. The Morgan fingerprint density at radius 3 is 2.11 bits per heavy atom. The van der Waals surface area contributed by atoms with Crippen molar-refractivity contribution in [1.29, 1.82) is 0 Å². The van der Waals surface area contributed by atoms with Crippen LogP contribution in [-0.4, -0.2) is 6.18 Å². The van der Waals surface area contributed by atoms with Gasteiger partial charge < -0.3 is 0 Å². The van der Waals surface area contributed by atoms with Gasteiger partial charge in [0.15, 0.2) is 0 Å². The van der Waals surface area contributed by atoms with Crippen molar-refractivity contribution in [3.63, 3.8) is 0 Å². The van der Waals surface area contributed by atoms with Crippen LogP contribution in [0.2, 0.25) is 0 Å². The number of hydrogen-bond donors (Lipinski definition) is 0. The van der Waals surface area contributed by atoms with Gasteiger partial charge in [0.05, 0.1) is 0 Å². The second-order valence-corrected chi connectivity index (χ2v) is 4.92. The van der Waals surface area contributed by atoms with Crippen LogP contribution >= 0.6 is 0 Å². The van der Waals surface area contributed by atoms with E-state index in [1.807, 2.05) is 18.2 Å². The van der Waals surface area contributed by atoms with E-state index in [1.165, 1.54) is 11.6 Å². The zero-order valence-electron chi connectivity index (χ0n) is 10.2. The summed E-state index contributed by atoms with van der Waals surface area (Å²) in [6.45, 7) is 0. The van der Waals surface area contributed by atoms with E-state index in [1.54, 1.807) is 0 Å². The molecule has 0 bridgehead atoms. The molecule has 0 nitrogen and oxygen atoms in total. The Morgan fingerprint density at radius 2 is 1.56 bits per heavy atom. The fraction of sp³-hybridized carbons (Fsp3) is 0.467. The monoisotopic (exact) mass is 254 g/mol. The molecule has 0 unspecified atom stereocenters. The highest BCUT2D eigenvalue weighted by Crippen LogP contribution is 2.36. The van der Waals surface area contributed by atoms with Crippen molar-refractivity contribution in [3.8, 4) is 0 Å². The summed E-state index contributed by atoms with van der Waals surface area (Å²) in [6, 6.07) is 10.2. The first-order valence-corrected chi connectivity index (χ1v) is 6.35. The molecule has 0 atom stereocenters. The van der Waals surface area contributed by atoms with E-state index < -0.39 is 6.18 Å². The number of hydrogen-bond acceptors (Lipinski definition) is 0. The lowest BCUT2D eigenvalue weighted by molar-refractivity contribution is -0.0803. The number of rotatable bonds is 2. The molecule has 2 rings (SSSR count). The van der Waals surface area contributed by atoms with E-state index in [2.05, 4.69) is 12.1 Å². The first-order chi connectivity index (χ1) is 8.54. The number of halogens is 3. The summed E-state index contributed by atoms with van der Waals surface area (Å²) in [5.41, 5.74) is 1.32. The van der Waals surface area contributed by atoms with Gasteiger partial charge in [0.1, 0.15) is 0 Å². The van der Waals surface area contributed by atoms with Crippen molar-refractivity contribution in [2.45, 2.75) is 37.8 Å². The Morgan fingerprint density at radius 1 is 0.944 bits per heavy atom. The van der Waals surface area contributed by atoms with Gasteiger partial charge in [-0.2, -0.15) is 13.2 Å². The van der Waals surface area contributed by atoms with Crippen LogP contribution in [-0.2, 0) is 0 Å². The average molecular weight is 254 g/mol. The Bertz CT molecular complexity index is 384.